The topological polar surface area (TPSA) is 52.3 Å². The van der Waals surface area contributed by atoms with Crippen molar-refractivity contribution in [3.8, 4) is 0 Å². The van der Waals surface area contributed by atoms with E-state index < -0.39 is 6.04 Å². The number of benzene rings is 1. The Labute approximate surface area is 121 Å². The Balaban J connectivity index is 0.00000324. The summed E-state index contributed by atoms with van der Waals surface area (Å²) in [6.07, 6.45) is 0.517. The molecule has 19 heavy (non-hydrogen) atoms. The van der Waals surface area contributed by atoms with Gasteiger partial charge < -0.3 is 10.5 Å². The highest BCUT2D eigenvalue weighted by Crippen LogP contribution is 2.22. The van der Waals surface area contributed by atoms with Crippen LogP contribution >= 0.6 is 12.4 Å². The molecule has 1 aromatic rings. The summed E-state index contributed by atoms with van der Waals surface area (Å²) in [5.74, 6) is -0.336. The summed E-state index contributed by atoms with van der Waals surface area (Å²) in [4.78, 5) is 11.4. The van der Waals surface area contributed by atoms with Crippen LogP contribution in [0.2, 0.25) is 0 Å². The zero-order valence-corrected chi connectivity index (χ0v) is 12.9. The van der Waals surface area contributed by atoms with Crippen molar-refractivity contribution < 1.29 is 9.53 Å². The molecule has 0 aliphatic rings. The van der Waals surface area contributed by atoms with E-state index >= 15 is 0 Å². The van der Waals surface area contributed by atoms with Crippen molar-refractivity contribution in [3.05, 3.63) is 35.4 Å². The van der Waals surface area contributed by atoms with Gasteiger partial charge >= 0.3 is 5.97 Å². The molecule has 0 aliphatic heterocycles. The van der Waals surface area contributed by atoms with Crippen LogP contribution in [0.25, 0.3) is 0 Å². The lowest BCUT2D eigenvalue weighted by molar-refractivity contribution is -0.144. The molecule has 0 aliphatic carbocycles. The number of rotatable bonds is 4. The third-order valence-electron chi connectivity index (χ3n) is 2.86. The molecule has 108 valence electrons. The molecule has 0 saturated heterocycles. The van der Waals surface area contributed by atoms with Crippen LogP contribution in [0.4, 0.5) is 0 Å². The second-order valence-corrected chi connectivity index (χ2v) is 5.51. The third-order valence-corrected chi connectivity index (χ3v) is 2.86. The summed E-state index contributed by atoms with van der Waals surface area (Å²) in [7, 11) is 0. The predicted octanol–water partition coefficient (Wildman–Crippen LogP) is 2.84. The largest absolute Gasteiger partial charge is 0.465 e. The van der Waals surface area contributed by atoms with Crippen molar-refractivity contribution in [1.29, 1.82) is 0 Å². The molecule has 0 amide bonds. The Kier molecular flexibility index (Phi) is 7.09. The first-order chi connectivity index (χ1) is 8.34. The summed E-state index contributed by atoms with van der Waals surface area (Å²) < 4.78 is 4.89. The zero-order valence-electron chi connectivity index (χ0n) is 12.1. The molecule has 0 aromatic heterocycles. The second-order valence-electron chi connectivity index (χ2n) is 5.51. The highest BCUT2D eigenvalue weighted by Gasteiger charge is 2.16. The van der Waals surface area contributed by atoms with Gasteiger partial charge in [-0.2, -0.15) is 0 Å². The number of nitrogens with two attached hydrogens (primary N) is 1. The summed E-state index contributed by atoms with van der Waals surface area (Å²) in [5.41, 5.74) is 8.26. The molecule has 4 heteroatoms. The number of carbonyl (C=O) groups excluding carboxylic acids is 1. The molecule has 1 atom stereocenters. The monoisotopic (exact) mass is 285 g/mol. The van der Waals surface area contributed by atoms with Gasteiger partial charge in [0.1, 0.15) is 6.04 Å². The van der Waals surface area contributed by atoms with Gasteiger partial charge in [0.2, 0.25) is 0 Å². The van der Waals surface area contributed by atoms with E-state index in [2.05, 4.69) is 32.9 Å². The minimum atomic E-state index is -0.578. The van der Waals surface area contributed by atoms with Gasteiger partial charge in [-0.1, -0.05) is 45.0 Å². The minimum Gasteiger partial charge on any atom is -0.465 e. The van der Waals surface area contributed by atoms with Crippen LogP contribution in [0.15, 0.2) is 24.3 Å². The van der Waals surface area contributed by atoms with Crippen LogP contribution in [0.5, 0.6) is 0 Å². The van der Waals surface area contributed by atoms with Crippen LogP contribution in [0.3, 0.4) is 0 Å². The summed E-state index contributed by atoms with van der Waals surface area (Å²) in [5, 5.41) is 0. The highest BCUT2D eigenvalue weighted by molar-refractivity contribution is 5.85. The fourth-order valence-corrected chi connectivity index (χ4v) is 1.73. The lowest BCUT2D eigenvalue weighted by atomic mass is 9.86. The summed E-state index contributed by atoms with van der Waals surface area (Å²) in [6, 6.07) is 7.66. The first-order valence-electron chi connectivity index (χ1n) is 6.36. The van der Waals surface area contributed by atoms with Gasteiger partial charge in [-0.25, -0.2) is 0 Å². The number of hydrogen-bond acceptors (Lipinski definition) is 3. The average Bonchev–Trinajstić information content (AvgIpc) is 2.28. The summed E-state index contributed by atoms with van der Waals surface area (Å²) >= 11 is 0. The Bertz CT molecular complexity index is 396. The second kappa shape index (κ2) is 7.51. The maximum absolute atomic E-state index is 11.4. The van der Waals surface area contributed by atoms with Gasteiger partial charge in [0.15, 0.2) is 0 Å². The SMILES string of the molecule is CCOC(=O)C(N)Cc1ccc(C(C)(C)C)cc1.Cl. The molecule has 1 rings (SSSR count). The molecule has 0 bridgehead atoms. The molecule has 1 aromatic carbocycles. The molecule has 1 unspecified atom stereocenters. The van der Waals surface area contributed by atoms with E-state index in [-0.39, 0.29) is 23.8 Å². The van der Waals surface area contributed by atoms with Crippen LogP contribution < -0.4 is 5.73 Å². The van der Waals surface area contributed by atoms with Crippen molar-refractivity contribution >= 4 is 18.4 Å². The number of hydrogen-bond donors (Lipinski definition) is 1. The quantitative estimate of drug-likeness (QED) is 0.866. The van der Waals surface area contributed by atoms with Crippen LogP contribution in [0, 0.1) is 0 Å². The molecule has 0 fully saturated rings. The number of ether oxygens (including phenoxy) is 1. The van der Waals surface area contributed by atoms with Crippen LogP contribution in [-0.2, 0) is 21.4 Å². The average molecular weight is 286 g/mol. The van der Waals surface area contributed by atoms with E-state index in [1.54, 1.807) is 6.92 Å². The van der Waals surface area contributed by atoms with E-state index in [4.69, 9.17) is 10.5 Å². The number of halogens is 1. The molecule has 0 radical (unpaired) electrons. The van der Waals surface area contributed by atoms with Crippen LogP contribution in [-0.4, -0.2) is 18.6 Å². The van der Waals surface area contributed by atoms with Crippen molar-refractivity contribution in [2.75, 3.05) is 6.61 Å². The van der Waals surface area contributed by atoms with Crippen LogP contribution in [0.1, 0.15) is 38.8 Å². The van der Waals surface area contributed by atoms with Gasteiger partial charge in [0.25, 0.3) is 0 Å². The Morgan fingerprint density at radius 1 is 1.26 bits per heavy atom. The minimum absolute atomic E-state index is 0. The molecule has 0 spiro atoms. The van der Waals surface area contributed by atoms with Gasteiger partial charge in [-0.05, 0) is 29.9 Å². The maximum atomic E-state index is 11.4. The van der Waals surface area contributed by atoms with E-state index in [1.165, 1.54) is 5.56 Å². The molecule has 3 nitrogen and oxygen atoms in total. The number of esters is 1. The Morgan fingerprint density at radius 3 is 2.21 bits per heavy atom. The lowest BCUT2D eigenvalue weighted by Crippen LogP contribution is -2.34. The Morgan fingerprint density at radius 2 is 1.79 bits per heavy atom. The molecular formula is C15H24ClNO2. The van der Waals surface area contributed by atoms with Gasteiger partial charge in [-0.3, -0.25) is 4.79 Å². The lowest BCUT2D eigenvalue weighted by Gasteiger charge is -2.19. The van der Waals surface area contributed by atoms with Gasteiger partial charge in [0.05, 0.1) is 6.61 Å². The highest BCUT2D eigenvalue weighted by atomic mass is 35.5. The molecule has 2 N–H and O–H groups in total. The molecule has 0 heterocycles. The van der Waals surface area contributed by atoms with E-state index in [0.29, 0.717) is 13.0 Å². The van der Waals surface area contributed by atoms with E-state index in [0.717, 1.165) is 5.56 Å². The van der Waals surface area contributed by atoms with Crippen molar-refractivity contribution in [1.82, 2.24) is 0 Å². The standard InChI is InChI=1S/C15H23NO2.ClH/c1-5-18-14(17)13(16)10-11-6-8-12(9-7-11)15(2,3)4;/h6-9,13H,5,10,16H2,1-4H3;1H. The normalized spacial score (nSPS) is 12.5. The fourth-order valence-electron chi connectivity index (χ4n) is 1.73. The summed E-state index contributed by atoms with van der Waals surface area (Å²) in [6.45, 7) is 8.67. The first kappa shape index (κ1) is 17.9. The van der Waals surface area contributed by atoms with Crippen molar-refractivity contribution in [3.63, 3.8) is 0 Å². The smallest absolute Gasteiger partial charge is 0.323 e. The van der Waals surface area contributed by atoms with Crippen molar-refractivity contribution in [2.45, 2.75) is 45.6 Å². The predicted molar refractivity (Wildman–Crippen MR) is 80.7 cm³/mol. The first-order valence-corrected chi connectivity index (χ1v) is 6.36. The zero-order chi connectivity index (χ0) is 13.8. The molecular weight excluding hydrogens is 262 g/mol. The number of carbonyl (C=O) groups is 1. The maximum Gasteiger partial charge on any atom is 0.323 e. The Hall–Kier alpha value is -1.06. The van der Waals surface area contributed by atoms with Gasteiger partial charge in [0, 0.05) is 0 Å². The van der Waals surface area contributed by atoms with E-state index in [9.17, 15) is 4.79 Å². The molecule has 0 saturated carbocycles. The van der Waals surface area contributed by atoms with Crippen molar-refractivity contribution in [2.24, 2.45) is 5.73 Å². The van der Waals surface area contributed by atoms with Gasteiger partial charge in [-0.15, -0.1) is 12.4 Å². The third kappa shape index (κ3) is 5.62. The van der Waals surface area contributed by atoms with E-state index in [1.807, 2.05) is 12.1 Å². The fraction of sp³-hybridized carbons (Fsp3) is 0.533.